The van der Waals surface area contributed by atoms with E-state index in [2.05, 4.69) is 5.10 Å². The molecule has 23 heavy (non-hydrogen) atoms. The summed E-state index contributed by atoms with van der Waals surface area (Å²) in [5.74, 6) is -1.50. The van der Waals surface area contributed by atoms with Gasteiger partial charge in [0, 0.05) is 31.2 Å². The fourth-order valence-electron chi connectivity index (χ4n) is 2.97. The highest BCUT2D eigenvalue weighted by molar-refractivity contribution is 5.80. The number of nitrogens with zero attached hydrogens (tertiary/aromatic N) is 3. The summed E-state index contributed by atoms with van der Waals surface area (Å²) in [7, 11) is 1.91. The number of rotatable bonds is 7. The van der Waals surface area contributed by atoms with Crippen LogP contribution in [0.1, 0.15) is 43.6 Å². The first-order chi connectivity index (χ1) is 10.7. The number of aliphatic carboxylic acids is 1. The standard InChI is InChI=1S/C17H27N3O3/c1-10(8-15-12(3)18-19(5)13(15)4)16(21)20(14-6-7-14)9-11(2)17(22)23/h10-11,14H,6-9H2,1-5H3,(H,22,23). The lowest BCUT2D eigenvalue weighted by atomic mass is 9.97. The number of carboxylic acid groups (broad SMARTS) is 1. The number of hydrogen-bond acceptors (Lipinski definition) is 3. The van der Waals surface area contributed by atoms with Crippen molar-refractivity contribution in [3.8, 4) is 0 Å². The van der Waals surface area contributed by atoms with Crippen LogP contribution in [-0.2, 0) is 23.1 Å². The Morgan fingerprint density at radius 3 is 2.35 bits per heavy atom. The van der Waals surface area contributed by atoms with E-state index in [0.717, 1.165) is 29.8 Å². The minimum Gasteiger partial charge on any atom is -0.481 e. The van der Waals surface area contributed by atoms with Crippen LogP contribution in [0.4, 0.5) is 0 Å². The van der Waals surface area contributed by atoms with Crippen LogP contribution in [0.25, 0.3) is 0 Å². The van der Waals surface area contributed by atoms with Crippen LogP contribution in [0.15, 0.2) is 0 Å². The molecule has 2 atom stereocenters. The number of aromatic nitrogens is 2. The van der Waals surface area contributed by atoms with Crippen LogP contribution >= 0.6 is 0 Å². The minimum absolute atomic E-state index is 0.0586. The normalized spacial score (nSPS) is 16.9. The first kappa shape index (κ1) is 17.5. The highest BCUT2D eigenvalue weighted by Gasteiger charge is 2.36. The highest BCUT2D eigenvalue weighted by Crippen LogP contribution is 2.30. The molecule has 0 aliphatic heterocycles. The Balaban J connectivity index is 2.08. The molecule has 6 heteroatoms. The van der Waals surface area contributed by atoms with Gasteiger partial charge in [0.15, 0.2) is 0 Å². The second-order valence-corrected chi connectivity index (χ2v) is 6.84. The quantitative estimate of drug-likeness (QED) is 0.832. The van der Waals surface area contributed by atoms with Gasteiger partial charge in [0.2, 0.25) is 5.91 Å². The molecule has 1 heterocycles. The van der Waals surface area contributed by atoms with Crippen LogP contribution in [-0.4, -0.2) is 44.3 Å². The van der Waals surface area contributed by atoms with Gasteiger partial charge < -0.3 is 10.0 Å². The largest absolute Gasteiger partial charge is 0.481 e. The van der Waals surface area contributed by atoms with E-state index in [1.165, 1.54) is 0 Å². The summed E-state index contributed by atoms with van der Waals surface area (Å²) >= 11 is 0. The highest BCUT2D eigenvalue weighted by atomic mass is 16.4. The second kappa shape index (κ2) is 6.72. The van der Waals surface area contributed by atoms with Gasteiger partial charge in [0.25, 0.3) is 0 Å². The molecule has 2 unspecified atom stereocenters. The lowest BCUT2D eigenvalue weighted by molar-refractivity contribution is -0.144. The van der Waals surface area contributed by atoms with Gasteiger partial charge in [-0.1, -0.05) is 13.8 Å². The Bertz CT molecular complexity index is 604. The van der Waals surface area contributed by atoms with Crippen molar-refractivity contribution in [1.82, 2.24) is 14.7 Å². The van der Waals surface area contributed by atoms with E-state index in [4.69, 9.17) is 5.11 Å². The predicted octanol–water partition coefficient (Wildman–Crippen LogP) is 1.93. The minimum atomic E-state index is -0.852. The summed E-state index contributed by atoms with van der Waals surface area (Å²) in [5.41, 5.74) is 3.16. The maximum atomic E-state index is 12.8. The van der Waals surface area contributed by atoms with Crippen molar-refractivity contribution in [1.29, 1.82) is 0 Å². The van der Waals surface area contributed by atoms with Crippen LogP contribution < -0.4 is 0 Å². The van der Waals surface area contributed by atoms with Crippen molar-refractivity contribution in [2.24, 2.45) is 18.9 Å². The van der Waals surface area contributed by atoms with Gasteiger partial charge in [0.1, 0.15) is 0 Å². The molecule has 1 aromatic rings. The van der Waals surface area contributed by atoms with Crippen molar-refractivity contribution >= 4 is 11.9 Å². The molecule has 1 aliphatic rings. The Kier molecular flexibility index (Phi) is 5.12. The topological polar surface area (TPSA) is 75.4 Å². The van der Waals surface area contributed by atoms with Gasteiger partial charge in [-0.15, -0.1) is 0 Å². The monoisotopic (exact) mass is 321 g/mol. The van der Waals surface area contributed by atoms with Gasteiger partial charge in [-0.25, -0.2) is 0 Å². The van der Waals surface area contributed by atoms with Crippen molar-refractivity contribution in [2.45, 2.75) is 53.0 Å². The van der Waals surface area contributed by atoms with Gasteiger partial charge in [-0.2, -0.15) is 5.10 Å². The molecule has 0 radical (unpaired) electrons. The maximum absolute atomic E-state index is 12.8. The smallest absolute Gasteiger partial charge is 0.308 e. The predicted molar refractivity (Wildman–Crippen MR) is 87.1 cm³/mol. The third-order valence-electron chi connectivity index (χ3n) is 4.75. The third-order valence-corrected chi connectivity index (χ3v) is 4.75. The molecule has 128 valence electrons. The van der Waals surface area contributed by atoms with E-state index in [1.54, 1.807) is 11.8 Å². The van der Waals surface area contributed by atoms with Gasteiger partial charge in [0.05, 0.1) is 11.6 Å². The van der Waals surface area contributed by atoms with Crippen LogP contribution in [0.5, 0.6) is 0 Å². The van der Waals surface area contributed by atoms with E-state index >= 15 is 0 Å². The zero-order valence-electron chi connectivity index (χ0n) is 14.7. The average molecular weight is 321 g/mol. The van der Waals surface area contributed by atoms with Gasteiger partial charge in [-0.05, 0) is 38.7 Å². The van der Waals surface area contributed by atoms with Crippen LogP contribution in [0.3, 0.4) is 0 Å². The zero-order chi connectivity index (χ0) is 17.3. The molecule has 1 fully saturated rings. The summed E-state index contributed by atoms with van der Waals surface area (Å²) in [6.07, 6.45) is 2.61. The Hall–Kier alpha value is -1.85. The van der Waals surface area contributed by atoms with E-state index in [1.807, 2.05) is 32.5 Å². The number of aryl methyl sites for hydroxylation is 2. The number of carboxylic acids is 1. The van der Waals surface area contributed by atoms with Crippen molar-refractivity contribution in [3.63, 3.8) is 0 Å². The number of carbonyl (C=O) groups excluding carboxylic acids is 1. The molecule has 1 aliphatic carbocycles. The number of amides is 1. The first-order valence-electron chi connectivity index (χ1n) is 8.24. The molecule has 0 saturated heterocycles. The molecule has 1 amide bonds. The van der Waals surface area contributed by atoms with Crippen LogP contribution in [0, 0.1) is 25.7 Å². The van der Waals surface area contributed by atoms with Crippen LogP contribution in [0.2, 0.25) is 0 Å². The Morgan fingerprint density at radius 1 is 1.30 bits per heavy atom. The van der Waals surface area contributed by atoms with E-state index in [-0.39, 0.29) is 17.9 Å². The first-order valence-corrected chi connectivity index (χ1v) is 8.24. The number of hydrogen-bond donors (Lipinski definition) is 1. The molecular weight excluding hydrogens is 294 g/mol. The second-order valence-electron chi connectivity index (χ2n) is 6.84. The maximum Gasteiger partial charge on any atom is 0.308 e. The molecule has 0 aromatic carbocycles. The van der Waals surface area contributed by atoms with Crippen molar-refractivity contribution in [2.75, 3.05) is 6.54 Å². The van der Waals surface area contributed by atoms with Gasteiger partial charge in [-0.3, -0.25) is 14.3 Å². The fraction of sp³-hybridized carbons (Fsp3) is 0.706. The molecule has 6 nitrogen and oxygen atoms in total. The van der Waals surface area contributed by atoms with Gasteiger partial charge >= 0.3 is 5.97 Å². The number of carbonyl (C=O) groups is 2. The lowest BCUT2D eigenvalue weighted by Crippen LogP contribution is -2.41. The molecular formula is C17H27N3O3. The summed E-state index contributed by atoms with van der Waals surface area (Å²) in [5, 5.41) is 13.5. The SMILES string of the molecule is Cc1nn(C)c(C)c1CC(C)C(=O)N(CC(C)C(=O)O)C1CC1. The van der Waals surface area contributed by atoms with E-state index < -0.39 is 11.9 Å². The van der Waals surface area contributed by atoms with E-state index in [9.17, 15) is 9.59 Å². The van der Waals surface area contributed by atoms with Crippen molar-refractivity contribution < 1.29 is 14.7 Å². The Labute approximate surface area is 137 Å². The molecule has 1 N–H and O–H groups in total. The summed E-state index contributed by atoms with van der Waals surface area (Å²) in [6.45, 7) is 7.86. The molecule has 0 spiro atoms. The fourth-order valence-corrected chi connectivity index (χ4v) is 2.97. The summed E-state index contributed by atoms with van der Waals surface area (Å²) < 4.78 is 1.84. The zero-order valence-corrected chi connectivity index (χ0v) is 14.7. The van der Waals surface area contributed by atoms with Crippen molar-refractivity contribution in [3.05, 3.63) is 17.0 Å². The Morgan fingerprint density at radius 2 is 1.91 bits per heavy atom. The molecule has 0 bridgehead atoms. The summed E-state index contributed by atoms with van der Waals surface area (Å²) in [6, 6.07) is 0.225. The molecule has 1 aromatic heterocycles. The average Bonchev–Trinajstić information content (AvgIpc) is 3.28. The third kappa shape index (κ3) is 3.92. The van der Waals surface area contributed by atoms with E-state index in [0.29, 0.717) is 13.0 Å². The summed E-state index contributed by atoms with van der Waals surface area (Å²) in [4.78, 5) is 25.7. The molecule has 2 rings (SSSR count). The lowest BCUT2D eigenvalue weighted by Gasteiger charge is -2.27. The molecule has 1 saturated carbocycles.